The van der Waals surface area contributed by atoms with E-state index in [9.17, 15) is 0 Å². The summed E-state index contributed by atoms with van der Waals surface area (Å²) >= 11 is 3.52. The van der Waals surface area contributed by atoms with Gasteiger partial charge in [0.25, 0.3) is 0 Å². The Balaban J connectivity index is 2.68. The standard InChI is InChI=1S/C14H22BrNO/c1-10(16)13(14(2,3)4)17-9-11-7-5-6-8-12(11)15/h5-8,10,13H,9,16H2,1-4H3. The van der Waals surface area contributed by atoms with E-state index in [-0.39, 0.29) is 17.6 Å². The van der Waals surface area contributed by atoms with Gasteiger partial charge in [-0.15, -0.1) is 0 Å². The molecule has 0 heterocycles. The summed E-state index contributed by atoms with van der Waals surface area (Å²) in [4.78, 5) is 0. The average Bonchev–Trinajstić information content (AvgIpc) is 2.18. The molecule has 0 saturated heterocycles. The number of nitrogens with two attached hydrogens (primary N) is 1. The van der Waals surface area contributed by atoms with Crippen LogP contribution in [0.2, 0.25) is 0 Å². The van der Waals surface area contributed by atoms with E-state index >= 15 is 0 Å². The molecule has 2 unspecified atom stereocenters. The van der Waals surface area contributed by atoms with Crippen molar-refractivity contribution in [2.45, 2.75) is 46.4 Å². The van der Waals surface area contributed by atoms with Crippen molar-refractivity contribution >= 4 is 15.9 Å². The van der Waals surface area contributed by atoms with Gasteiger partial charge >= 0.3 is 0 Å². The Kier molecular flexibility index (Phi) is 5.17. The Morgan fingerprint density at radius 1 is 1.29 bits per heavy atom. The van der Waals surface area contributed by atoms with Crippen LogP contribution in [0.5, 0.6) is 0 Å². The first-order chi connectivity index (χ1) is 7.82. The molecule has 0 bridgehead atoms. The molecule has 0 radical (unpaired) electrons. The molecule has 17 heavy (non-hydrogen) atoms. The second kappa shape index (κ2) is 5.98. The van der Waals surface area contributed by atoms with Gasteiger partial charge in [0.2, 0.25) is 0 Å². The van der Waals surface area contributed by atoms with Crippen molar-refractivity contribution in [2.75, 3.05) is 0 Å². The van der Waals surface area contributed by atoms with E-state index in [0.29, 0.717) is 6.61 Å². The maximum Gasteiger partial charge on any atom is 0.0775 e. The lowest BCUT2D eigenvalue weighted by Crippen LogP contribution is -2.43. The molecule has 2 nitrogen and oxygen atoms in total. The van der Waals surface area contributed by atoms with Gasteiger partial charge in [-0.1, -0.05) is 54.9 Å². The van der Waals surface area contributed by atoms with E-state index in [2.05, 4.69) is 42.8 Å². The molecule has 0 aromatic heterocycles. The van der Waals surface area contributed by atoms with Gasteiger partial charge in [0.05, 0.1) is 12.7 Å². The van der Waals surface area contributed by atoms with Crippen LogP contribution in [0.15, 0.2) is 28.7 Å². The lowest BCUT2D eigenvalue weighted by molar-refractivity contribution is -0.0401. The van der Waals surface area contributed by atoms with Crippen LogP contribution in [-0.4, -0.2) is 12.1 Å². The summed E-state index contributed by atoms with van der Waals surface area (Å²) in [5.41, 5.74) is 7.19. The first-order valence-corrected chi connectivity index (χ1v) is 6.72. The van der Waals surface area contributed by atoms with Crippen molar-refractivity contribution in [1.29, 1.82) is 0 Å². The molecular formula is C14H22BrNO. The summed E-state index contributed by atoms with van der Waals surface area (Å²) in [6, 6.07) is 8.13. The average molecular weight is 300 g/mol. The van der Waals surface area contributed by atoms with Gasteiger partial charge in [-0.25, -0.2) is 0 Å². The van der Waals surface area contributed by atoms with Gasteiger partial charge in [-0.05, 0) is 24.0 Å². The van der Waals surface area contributed by atoms with E-state index in [0.717, 1.165) is 10.0 Å². The van der Waals surface area contributed by atoms with Crippen molar-refractivity contribution in [2.24, 2.45) is 11.1 Å². The van der Waals surface area contributed by atoms with E-state index < -0.39 is 0 Å². The van der Waals surface area contributed by atoms with Crippen LogP contribution < -0.4 is 5.73 Å². The number of halogens is 1. The minimum atomic E-state index is 0.0255. The maximum atomic E-state index is 5.99. The molecule has 0 aliphatic rings. The molecule has 1 aromatic carbocycles. The lowest BCUT2D eigenvalue weighted by Gasteiger charge is -2.33. The monoisotopic (exact) mass is 299 g/mol. The van der Waals surface area contributed by atoms with Gasteiger partial charge in [0, 0.05) is 10.5 Å². The highest BCUT2D eigenvalue weighted by Crippen LogP contribution is 2.26. The zero-order chi connectivity index (χ0) is 13.1. The minimum absolute atomic E-state index is 0.0255. The summed E-state index contributed by atoms with van der Waals surface area (Å²) in [5.74, 6) is 0. The van der Waals surface area contributed by atoms with E-state index in [1.165, 1.54) is 0 Å². The maximum absolute atomic E-state index is 5.99. The molecule has 1 rings (SSSR count). The molecule has 0 fully saturated rings. The number of hydrogen-bond acceptors (Lipinski definition) is 2. The predicted molar refractivity (Wildman–Crippen MR) is 75.8 cm³/mol. The third kappa shape index (κ3) is 4.41. The highest BCUT2D eigenvalue weighted by molar-refractivity contribution is 9.10. The first kappa shape index (κ1) is 14.7. The second-order valence-corrected chi connectivity index (χ2v) is 6.40. The van der Waals surface area contributed by atoms with Crippen LogP contribution in [0.3, 0.4) is 0 Å². The summed E-state index contributed by atoms with van der Waals surface area (Å²) in [6.07, 6.45) is 0.0506. The van der Waals surface area contributed by atoms with Crippen LogP contribution in [-0.2, 0) is 11.3 Å². The molecule has 0 aliphatic heterocycles. The quantitative estimate of drug-likeness (QED) is 0.919. The van der Waals surface area contributed by atoms with E-state index in [4.69, 9.17) is 10.5 Å². The number of benzene rings is 1. The highest BCUT2D eigenvalue weighted by Gasteiger charge is 2.28. The van der Waals surface area contributed by atoms with Gasteiger partial charge in [-0.2, -0.15) is 0 Å². The van der Waals surface area contributed by atoms with Crippen LogP contribution in [0, 0.1) is 5.41 Å². The fraction of sp³-hybridized carbons (Fsp3) is 0.571. The van der Waals surface area contributed by atoms with Crippen molar-refractivity contribution in [3.05, 3.63) is 34.3 Å². The zero-order valence-electron chi connectivity index (χ0n) is 11.0. The van der Waals surface area contributed by atoms with Gasteiger partial charge in [0.15, 0.2) is 0 Å². The largest absolute Gasteiger partial charge is 0.371 e. The fourth-order valence-corrected chi connectivity index (χ4v) is 2.38. The summed E-state index contributed by atoms with van der Waals surface area (Å²) in [7, 11) is 0. The Morgan fingerprint density at radius 2 is 1.88 bits per heavy atom. The Labute approximate surface area is 113 Å². The number of ether oxygens (including phenoxy) is 1. The summed E-state index contributed by atoms with van der Waals surface area (Å²) in [6.45, 7) is 9.05. The molecule has 0 saturated carbocycles. The molecule has 2 N–H and O–H groups in total. The lowest BCUT2D eigenvalue weighted by atomic mass is 9.85. The van der Waals surface area contributed by atoms with Crippen molar-refractivity contribution in [3.8, 4) is 0 Å². The third-order valence-corrected chi connectivity index (χ3v) is 3.48. The van der Waals surface area contributed by atoms with Crippen molar-refractivity contribution in [1.82, 2.24) is 0 Å². The molecule has 3 heteroatoms. The van der Waals surface area contributed by atoms with Gasteiger partial charge in [-0.3, -0.25) is 0 Å². The fourth-order valence-electron chi connectivity index (χ4n) is 1.99. The van der Waals surface area contributed by atoms with Crippen molar-refractivity contribution < 1.29 is 4.74 Å². The molecule has 0 amide bonds. The zero-order valence-corrected chi connectivity index (χ0v) is 12.6. The third-order valence-electron chi connectivity index (χ3n) is 2.71. The smallest absolute Gasteiger partial charge is 0.0775 e. The molecule has 2 atom stereocenters. The number of rotatable bonds is 4. The SMILES string of the molecule is CC(N)C(OCc1ccccc1Br)C(C)(C)C. The van der Waals surface area contributed by atoms with Gasteiger partial charge < -0.3 is 10.5 Å². The normalized spacial score (nSPS) is 15.6. The number of hydrogen-bond donors (Lipinski definition) is 1. The second-order valence-electron chi connectivity index (χ2n) is 5.55. The summed E-state index contributed by atoms with van der Waals surface area (Å²) < 4.78 is 7.06. The Hall–Kier alpha value is -0.380. The first-order valence-electron chi connectivity index (χ1n) is 5.93. The van der Waals surface area contributed by atoms with Crippen LogP contribution in [0.25, 0.3) is 0 Å². The molecular weight excluding hydrogens is 278 g/mol. The highest BCUT2D eigenvalue weighted by atomic mass is 79.9. The molecule has 1 aromatic rings. The minimum Gasteiger partial charge on any atom is -0.371 e. The predicted octanol–water partition coefficient (Wildman–Crippen LogP) is 3.73. The van der Waals surface area contributed by atoms with Crippen molar-refractivity contribution in [3.63, 3.8) is 0 Å². The molecule has 96 valence electrons. The summed E-state index contributed by atoms with van der Waals surface area (Å²) in [5, 5.41) is 0. The Bertz CT molecular complexity index is 357. The van der Waals surface area contributed by atoms with Crippen LogP contribution in [0.1, 0.15) is 33.3 Å². The molecule has 0 aliphatic carbocycles. The van der Waals surface area contributed by atoms with E-state index in [1.807, 2.05) is 25.1 Å². The van der Waals surface area contributed by atoms with Gasteiger partial charge in [0.1, 0.15) is 0 Å². The van der Waals surface area contributed by atoms with E-state index in [1.54, 1.807) is 0 Å². The Morgan fingerprint density at radius 3 is 2.35 bits per heavy atom. The van der Waals surface area contributed by atoms with Crippen LogP contribution in [0.4, 0.5) is 0 Å². The topological polar surface area (TPSA) is 35.2 Å². The van der Waals surface area contributed by atoms with Crippen LogP contribution >= 0.6 is 15.9 Å². The molecule has 0 spiro atoms.